The number of rotatable bonds is 1. The molecule has 2 aromatic rings. The standard InChI is InChI=1S/C15H13F3N2O/c1-10-6-13(9-19(21)8-10)20-5-4-11-7-12(15(16,17)18)2-3-14(11)20/h2-8,21H,9H2,1H3. The molecule has 1 aromatic heterocycles. The molecule has 1 aliphatic rings. The second-order valence-electron chi connectivity index (χ2n) is 5.06. The minimum absolute atomic E-state index is 0.280. The molecule has 0 saturated heterocycles. The van der Waals surface area contributed by atoms with E-state index in [1.54, 1.807) is 23.0 Å². The third kappa shape index (κ3) is 2.54. The number of hydrogen-bond donors (Lipinski definition) is 1. The van der Waals surface area contributed by atoms with Gasteiger partial charge in [0.1, 0.15) is 0 Å². The average molecular weight is 294 g/mol. The van der Waals surface area contributed by atoms with Crippen molar-refractivity contribution in [2.45, 2.75) is 13.1 Å². The van der Waals surface area contributed by atoms with Crippen LogP contribution in [0.15, 0.2) is 48.3 Å². The van der Waals surface area contributed by atoms with Crippen LogP contribution in [-0.2, 0) is 6.18 Å². The lowest BCUT2D eigenvalue weighted by Crippen LogP contribution is -2.20. The monoisotopic (exact) mass is 294 g/mol. The Morgan fingerprint density at radius 2 is 1.95 bits per heavy atom. The number of hydroxylamine groups is 2. The van der Waals surface area contributed by atoms with Crippen molar-refractivity contribution in [1.29, 1.82) is 0 Å². The summed E-state index contributed by atoms with van der Waals surface area (Å²) in [4.78, 5) is 0. The summed E-state index contributed by atoms with van der Waals surface area (Å²) in [6, 6.07) is 5.30. The Balaban J connectivity index is 2.08. The number of aromatic nitrogens is 1. The van der Waals surface area contributed by atoms with Crippen molar-refractivity contribution in [2.24, 2.45) is 0 Å². The molecule has 0 spiro atoms. The molecule has 6 heteroatoms. The number of allylic oxidation sites excluding steroid dienone is 2. The molecule has 0 atom stereocenters. The van der Waals surface area contributed by atoms with Gasteiger partial charge in [0.2, 0.25) is 0 Å². The van der Waals surface area contributed by atoms with E-state index in [1.165, 1.54) is 6.07 Å². The average Bonchev–Trinajstić information content (AvgIpc) is 2.79. The Kier molecular flexibility index (Phi) is 3.06. The van der Waals surface area contributed by atoms with Gasteiger partial charge >= 0.3 is 6.18 Å². The van der Waals surface area contributed by atoms with Gasteiger partial charge in [-0.05, 0) is 42.8 Å². The van der Waals surface area contributed by atoms with Crippen LogP contribution in [0, 0.1) is 0 Å². The van der Waals surface area contributed by atoms with Crippen LogP contribution in [-0.4, -0.2) is 21.4 Å². The highest BCUT2D eigenvalue weighted by Gasteiger charge is 2.30. The van der Waals surface area contributed by atoms with Crippen molar-refractivity contribution in [3.63, 3.8) is 0 Å². The molecule has 0 unspecified atom stereocenters. The summed E-state index contributed by atoms with van der Waals surface area (Å²) in [5, 5.41) is 11.2. The van der Waals surface area contributed by atoms with Crippen molar-refractivity contribution in [3.05, 3.63) is 53.9 Å². The fourth-order valence-electron chi connectivity index (χ4n) is 2.51. The first-order valence-electron chi connectivity index (χ1n) is 6.38. The molecule has 3 rings (SSSR count). The Labute approximate surface area is 119 Å². The fraction of sp³-hybridized carbons (Fsp3) is 0.200. The number of halogens is 3. The van der Waals surface area contributed by atoms with E-state index in [1.807, 2.05) is 13.0 Å². The van der Waals surface area contributed by atoms with E-state index in [9.17, 15) is 18.4 Å². The highest BCUT2D eigenvalue weighted by atomic mass is 19.4. The SMILES string of the molecule is CC1=CN(O)CC(n2ccc3cc(C(F)(F)F)ccc32)=C1. The number of benzene rings is 1. The topological polar surface area (TPSA) is 28.4 Å². The second-order valence-corrected chi connectivity index (χ2v) is 5.06. The molecule has 0 bridgehead atoms. The van der Waals surface area contributed by atoms with Crippen LogP contribution in [0.2, 0.25) is 0 Å². The first-order valence-corrected chi connectivity index (χ1v) is 6.38. The summed E-state index contributed by atoms with van der Waals surface area (Å²) in [6.45, 7) is 2.12. The zero-order chi connectivity index (χ0) is 15.2. The van der Waals surface area contributed by atoms with Crippen LogP contribution in [0.5, 0.6) is 0 Å². The summed E-state index contributed by atoms with van der Waals surface area (Å²) in [6.07, 6.45) is 0.853. The van der Waals surface area contributed by atoms with E-state index in [0.717, 1.165) is 28.5 Å². The zero-order valence-electron chi connectivity index (χ0n) is 11.2. The van der Waals surface area contributed by atoms with Gasteiger partial charge in [0.05, 0.1) is 17.6 Å². The largest absolute Gasteiger partial charge is 0.416 e. The molecular formula is C15H13F3N2O. The second kappa shape index (κ2) is 4.66. The van der Waals surface area contributed by atoms with E-state index in [0.29, 0.717) is 10.9 Å². The van der Waals surface area contributed by atoms with E-state index in [4.69, 9.17) is 0 Å². The van der Waals surface area contributed by atoms with Gasteiger partial charge in [-0.25, -0.2) is 0 Å². The smallest absolute Gasteiger partial charge is 0.318 e. The van der Waals surface area contributed by atoms with Gasteiger partial charge in [-0.1, -0.05) is 0 Å². The van der Waals surface area contributed by atoms with E-state index in [2.05, 4.69) is 0 Å². The van der Waals surface area contributed by atoms with Crippen LogP contribution < -0.4 is 0 Å². The molecule has 0 radical (unpaired) electrons. The van der Waals surface area contributed by atoms with Crippen LogP contribution in [0.25, 0.3) is 16.6 Å². The van der Waals surface area contributed by atoms with Gasteiger partial charge in [-0.3, -0.25) is 10.3 Å². The summed E-state index contributed by atoms with van der Waals surface area (Å²) in [5.74, 6) is 0. The van der Waals surface area contributed by atoms with Gasteiger partial charge in [0.15, 0.2) is 0 Å². The number of alkyl halides is 3. The van der Waals surface area contributed by atoms with Crippen molar-refractivity contribution in [1.82, 2.24) is 9.63 Å². The zero-order valence-corrected chi connectivity index (χ0v) is 11.2. The Hall–Kier alpha value is -2.21. The number of nitrogens with zero attached hydrogens (tertiary/aromatic N) is 2. The van der Waals surface area contributed by atoms with Crippen molar-refractivity contribution in [3.8, 4) is 0 Å². The summed E-state index contributed by atoms with van der Waals surface area (Å²) in [7, 11) is 0. The molecular weight excluding hydrogens is 281 g/mol. The van der Waals surface area contributed by atoms with Crippen LogP contribution >= 0.6 is 0 Å². The van der Waals surface area contributed by atoms with Gasteiger partial charge in [0, 0.05) is 23.5 Å². The molecule has 0 saturated carbocycles. The number of fused-ring (bicyclic) bond motifs is 1. The van der Waals surface area contributed by atoms with Gasteiger partial charge in [-0.2, -0.15) is 13.2 Å². The Bertz CT molecular complexity index is 756. The highest BCUT2D eigenvalue weighted by molar-refractivity contribution is 5.84. The third-order valence-electron chi connectivity index (χ3n) is 3.40. The predicted molar refractivity (Wildman–Crippen MR) is 73.5 cm³/mol. The van der Waals surface area contributed by atoms with Crippen LogP contribution in [0.1, 0.15) is 12.5 Å². The summed E-state index contributed by atoms with van der Waals surface area (Å²) in [5.41, 5.74) is 1.68. The van der Waals surface area contributed by atoms with E-state index >= 15 is 0 Å². The molecule has 0 aliphatic carbocycles. The molecule has 21 heavy (non-hydrogen) atoms. The molecule has 1 aliphatic heterocycles. The van der Waals surface area contributed by atoms with Gasteiger partial charge in [-0.15, -0.1) is 0 Å². The fourth-order valence-corrected chi connectivity index (χ4v) is 2.51. The molecule has 0 amide bonds. The lowest BCUT2D eigenvalue weighted by atomic mass is 10.1. The minimum atomic E-state index is -4.35. The predicted octanol–water partition coefficient (Wildman–Crippen LogP) is 4.11. The van der Waals surface area contributed by atoms with Crippen molar-refractivity contribution < 1.29 is 18.4 Å². The van der Waals surface area contributed by atoms with Crippen molar-refractivity contribution >= 4 is 16.6 Å². The molecule has 0 fully saturated rings. The lowest BCUT2D eigenvalue weighted by molar-refractivity contribution is -0.137. The normalized spacial score (nSPS) is 16.1. The van der Waals surface area contributed by atoms with E-state index in [-0.39, 0.29) is 6.54 Å². The quantitative estimate of drug-likeness (QED) is 0.857. The third-order valence-corrected chi connectivity index (χ3v) is 3.40. The molecule has 2 heterocycles. The Morgan fingerprint density at radius 1 is 1.19 bits per heavy atom. The summed E-state index contributed by atoms with van der Waals surface area (Å²) >= 11 is 0. The van der Waals surface area contributed by atoms with Crippen molar-refractivity contribution in [2.75, 3.05) is 6.54 Å². The number of hydrogen-bond acceptors (Lipinski definition) is 2. The summed E-state index contributed by atoms with van der Waals surface area (Å²) < 4.78 is 39.9. The molecule has 110 valence electrons. The molecule has 3 nitrogen and oxygen atoms in total. The van der Waals surface area contributed by atoms with E-state index < -0.39 is 11.7 Å². The maximum absolute atomic E-state index is 12.7. The lowest BCUT2D eigenvalue weighted by Gasteiger charge is -2.21. The maximum Gasteiger partial charge on any atom is 0.416 e. The molecule has 1 N–H and O–H groups in total. The minimum Gasteiger partial charge on any atom is -0.318 e. The van der Waals surface area contributed by atoms with Crippen LogP contribution in [0.4, 0.5) is 13.2 Å². The van der Waals surface area contributed by atoms with Crippen LogP contribution in [0.3, 0.4) is 0 Å². The molecule has 1 aromatic carbocycles. The first kappa shape index (κ1) is 13.8. The Morgan fingerprint density at radius 3 is 2.62 bits per heavy atom. The first-order chi connectivity index (χ1) is 9.84. The maximum atomic E-state index is 12.7. The van der Waals surface area contributed by atoms with Gasteiger partial charge in [0.25, 0.3) is 0 Å². The van der Waals surface area contributed by atoms with Gasteiger partial charge < -0.3 is 4.57 Å². The highest BCUT2D eigenvalue weighted by Crippen LogP contribution is 2.32.